The molecule has 20 heavy (non-hydrogen) atoms. The Hall–Kier alpha value is -2.50. The van der Waals surface area contributed by atoms with Gasteiger partial charge in [-0.15, -0.1) is 0 Å². The Morgan fingerprint density at radius 2 is 1.75 bits per heavy atom. The van der Waals surface area contributed by atoms with Gasteiger partial charge in [0.15, 0.2) is 0 Å². The highest BCUT2D eigenvalue weighted by Crippen LogP contribution is 2.12. The normalized spacial score (nSPS) is 11.8. The molecule has 0 saturated heterocycles. The van der Waals surface area contributed by atoms with Gasteiger partial charge in [-0.2, -0.15) is 0 Å². The minimum Gasteiger partial charge on any atom is -0.497 e. The zero-order chi connectivity index (χ0) is 15.0. The summed E-state index contributed by atoms with van der Waals surface area (Å²) in [7, 11) is 4.05. The van der Waals surface area contributed by atoms with E-state index in [9.17, 15) is 9.59 Å². The van der Waals surface area contributed by atoms with Crippen molar-refractivity contribution in [3.05, 3.63) is 35.9 Å². The van der Waals surface area contributed by atoms with E-state index in [2.05, 4.69) is 14.8 Å². The smallest absolute Gasteiger partial charge is 0.407 e. The first kappa shape index (κ1) is 15.6. The predicted molar refractivity (Wildman–Crippen MR) is 73.4 cm³/mol. The van der Waals surface area contributed by atoms with E-state index in [0.29, 0.717) is 0 Å². The Morgan fingerprint density at radius 3 is 2.25 bits per heavy atom. The Bertz CT molecular complexity index is 481. The fourth-order valence-corrected chi connectivity index (χ4v) is 1.42. The maximum Gasteiger partial charge on any atom is 0.407 e. The van der Waals surface area contributed by atoms with Gasteiger partial charge in [0.2, 0.25) is 0 Å². The average Bonchev–Trinajstić information content (AvgIpc) is 2.50. The van der Waals surface area contributed by atoms with E-state index in [-0.39, 0.29) is 0 Å². The summed E-state index contributed by atoms with van der Waals surface area (Å²) >= 11 is 0. The molecule has 0 saturated carbocycles. The minimum absolute atomic E-state index is 0.583. The van der Waals surface area contributed by atoms with Crippen LogP contribution in [-0.2, 0) is 14.3 Å². The first-order valence-electron chi connectivity index (χ1n) is 5.85. The van der Waals surface area contributed by atoms with Crippen molar-refractivity contribution in [3.63, 3.8) is 0 Å². The number of rotatable bonds is 5. The quantitative estimate of drug-likeness (QED) is 0.829. The molecule has 1 rings (SSSR count). The summed E-state index contributed by atoms with van der Waals surface area (Å²) in [5, 5.41) is 2.36. The summed E-state index contributed by atoms with van der Waals surface area (Å²) in [4.78, 5) is 22.7. The van der Waals surface area contributed by atoms with Crippen molar-refractivity contribution in [1.82, 2.24) is 5.32 Å². The molecule has 1 amide bonds. The molecule has 0 aliphatic rings. The molecule has 0 heterocycles. The molecular formula is C14H17NO5. The first-order chi connectivity index (χ1) is 9.60. The third-order valence-corrected chi connectivity index (χ3v) is 2.51. The lowest BCUT2D eigenvalue weighted by molar-refractivity contribution is -0.141. The molecule has 0 spiro atoms. The largest absolute Gasteiger partial charge is 0.497 e. The number of hydrogen-bond acceptors (Lipinski definition) is 5. The number of carbonyl (C=O) groups is 2. The predicted octanol–water partition coefficient (Wildman–Crippen LogP) is 1.61. The lowest BCUT2D eigenvalue weighted by Crippen LogP contribution is -2.39. The number of methoxy groups -OCH3 is 3. The SMILES string of the molecule is COC(=O)NC(/C=C/c1ccc(OC)cc1)C(=O)OC. The van der Waals surface area contributed by atoms with E-state index < -0.39 is 18.1 Å². The van der Waals surface area contributed by atoms with Gasteiger partial charge in [0.05, 0.1) is 21.3 Å². The molecule has 0 aliphatic carbocycles. The maximum atomic E-state index is 11.5. The second-order valence-electron chi connectivity index (χ2n) is 3.77. The summed E-state index contributed by atoms with van der Waals surface area (Å²) in [5.41, 5.74) is 0.853. The van der Waals surface area contributed by atoms with E-state index in [4.69, 9.17) is 4.74 Å². The second-order valence-corrected chi connectivity index (χ2v) is 3.77. The van der Waals surface area contributed by atoms with E-state index in [1.165, 1.54) is 20.3 Å². The van der Waals surface area contributed by atoms with Crippen LogP contribution in [0, 0.1) is 0 Å². The summed E-state index contributed by atoms with van der Waals surface area (Å²) in [5.74, 6) is 0.152. The van der Waals surface area contributed by atoms with Gasteiger partial charge in [0.25, 0.3) is 0 Å². The highest BCUT2D eigenvalue weighted by atomic mass is 16.5. The number of ether oxygens (including phenoxy) is 3. The van der Waals surface area contributed by atoms with Gasteiger partial charge in [-0.25, -0.2) is 9.59 Å². The molecule has 0 bridgehead atoms. The van der Waals surface area contributed by atoms with E-state index in [1.807, 2.05) is 12.1 Å². The highest BCUT2D eigenvalue weighted by molar-refractivity contribution is 5.84. The average molecular weight is 279 g/mol. The Kier molecular flexibility index (Phi) is 6.09. The second kappa shape index (κ2) is 7.83. The number of amides is 1. The zero-order valence-corrected chi connectivity index (χ0v) is 11.6. The van der Waals surface area contributed by atoms with Crippen LogP contribution in [0.1, 0.15) is 5.56 Å². The molecule has 0 fully saturated rings. The van der Waals surface area contributed by atoms with Gasteiger partial charge in [-0.05, 0) is 17.7 Å². The Labute approximate surface area is 117 Å². The number of esters is 1. The van der Waals surface area contributed by atoms with Crippen molar-refractivity contribution in [2.75, 3.05) is 21.3 Å². The van der Waals surface area contributed by atoms with Crippen LogP contribution >= 0.6 is 0 Å². The van der Waals surface area contributed by atoms with Gasteiger partial charge < -0.3 is 19.5 Å². The fraction of sp³-hybridized carbons (Fsp3) is 0.286. The van der Waals surface area contributed by atoms with E-state index >= 15 is 0 Å². The monoisotopic (exact) mass is 279 g/mol. The standard InChI is InChI=1S/C14H17NO5/c1-18-11-7-4-10(5-8-11)6-9-12(13(16)19-2)15-14(17)20-3/h4-9,12H,1-3H3,(H,15,17)/b9-6+. The molecule has 108 valence electrons. The van der Waals surface area contributed by atoms with Crippen LogP contribution < -0.4 is 10.1 Å². The van der Waals surface area contributed by atoms with Crippen LogP contribution in [0.3, 0.4) is 0 Å². The number of nitrogens with one attached hydrogen (secondary N) is 1. The molecule has 0 aromatic heterocycles. The van der Waals surface area contributed by atoms with Crippen LogP contribution in [0.15, 0.2) is 30.3 Å². The Morgan fingerprint density at radius 1 is 1.10 bits per heavy atom. The number of hydrogen-bond donors (Lipinski definition) is 1. The number of alkyl carbamates (subject to hydrolysis) is 1. The van der Waals surface area contributed by atoms with Crippen LogP contribution in [0.2, 0.25) is 0 Å². The third-order valence-electron chi connectivity index (χ3n) is 2.51. The van der Waals surface area contributed by atoms with Gasteiger partial charge >= 0.3 is 12.1 Å². The summed E-state index contributed by atoms with van der Waals surface area (Å²) in [6.07, 6.45) is 2.50. The lowest BCUT2D eigenvalue weighted by Gasteiger charge is -2.11. The van der Waals surface area contributed by atoms with E-state index in [0.717, 1.165) is 11.3 Å². The zero-order valence-electron chi connectivity index (χ0n) is 11.6. The van der Waals surface area contributed by atoms with Gasteiger partial charge in [0.1, 0.15) is 11.8 Å². The van der Waals surface area contributed by atoms with Crippen molar-refractivity contribution >= 4 is 18.1 Å². The van der Waals surface area contributed by atoms with Gasteiger partial charge in [-0.3, -0.25) is 0 Å². The molecule has 1 unspecified atom stereocenters. The molecule has 1 N–H and O–H groups in total. The topological polar surface area (TPSA) is 73.9 Å². The third kappa shape index (κ3) is 4.64. The lowest BCUT2D eigenvalue weighted by atomic mass is 10.1. The van der Waals surface area contributed by atoms with Crippen LogP contribution in [0.25, 0.3) is 6.08 Å². The summed E-state index contributed by atoms with van der Waals surface area (Å²) < 4.78 is 14.1. The molecule has 1 atom stereocenters. The Balaban J connectivity index is 2.78. The van der Waals surface area contributed by atoms with Crippen molar-refractivity contribution in [2.45, 2.75) is 6.04 Å². The first-order valence-corrected chi connectivity index (χ1v) is 5.85. The summed E-state index contributed by atoms with van der Waals surface area (Å²) in [6, 6.07) is 6.32. The molecule has 1 aromatic rings. The van der Waals surface area contributed by atoms with E-state index in [1.54, 1.807) is 25.3 Å². The minimum atomic E-state index is -0.908. The molecule has 0 aliphatic heterocycles. The maximum absolute atomic E-state index is 11.5. The molecule has 6 heteroatoms. The molecule has 0 radical (unpaired) electrons. The van der Waals surface area contributed by atoms with Gasteiger partial charge in [-0.1, -0.05) is 24.3 Å². The number of carbonyl (C=O) groups excluding carboxylic acids is 2. The summed E-state index contributed by atoms with van der Waals surface area (Å²) in [6.45, 7) is 0. The van der Waals surface area contributed by atoms with Crippen LogP contribution in [0.4, 0.5) is 4.79 Å². The van der Waals surface area contributed by atoms with Crippen molar-refractivity contribution in [3.8, 4) is 5.75 Å². The number of benzene rings is 1. The van der Waals surface area contributed by atoms with Crippen LogP contribution in [0.5, 0.6) is 5.75 Å². The van der Waals surface area contributed by atoms with Crippen LogP contribution in [-0.4, -0.2) is 39.4 Å². The molecule has 6 nitrogen and oxygen atoms in total. The fourth-order valence-electron chi connectivity index (χ4n) is 1.42. The van der Waals surface area contributed by atoms with Gasteiger partial charge in [0, 0.05) is 0 Å². The molecule has 1 aromatic carbocycles. The van der Waals surface area contributed by atoms with Crippen molar-refractivity contribution in [1.29, 1.82) is 0 Å². The molecular weight excluding hydrogens is 262 g/mol. The van der Waals surface area contributed by atoms with Crippen molar-refractivity contribution < 1.29 is 23.8 Å². The van der Waals surface area contributed by atoms with Crippen molar-refractivity contribution in [2.24, 2.45) is 0 Å². The highest BCUT2D eigenvalue weighted by Gasteiger charge is 2.18.